The molecular formula is C25H19Br2ClN2O3. The summed E-state index contributed by atoms with van der Waals surface area (Å²) in [5.74, 6) is 0.458. The van der Waals surface area contributed by atoms with E-state index in [1.807, 2.05) is 37.3 Å². The van der Waals surface area contributed by atoms with Crippen molar-refractivity contribution in [3.8, 4) is 17.6 Å². The van der Waals surface area contributed by atoms with E-state index in [0.717, 1.165) is 15.6 Å². The van der Waals surface area contributed by atoms with Gasteiger partial charge in [-0.05, 0) is 82.0 Å². The monoisotopic (exact) mass is 588 g/mol. The molecule has 0 radical (unpaired) electrons. The van der Waals surface area contributed by atoms with Crippen molar-refractivity contribution < 1.29 is 14.3 Å². The number of benzene rings is 3. The fraction of sp³-hybridized carbons (Fsp3) is 0.120. The number of amides is 1. The molecule has 8 heteroatoms. The molecule has 33 heavy (non-hydrogen) atoms. The summed E-state index contributed by atoms with van der Waals surface area (Å²) in [7, 11) is 1.53. The van der Waals surface area contributed by atoms with Gasteiger partial charge in [0.2, 0.25) is 0 Å². The zero-order valence-electron chi connectivity index (χ0n) is 17.8. The molecule has 1 N–H and O–H groups in total. The van der Waals surface area contributed by atoms with Crippen molar-refractivity contribution in [3.05, 3.63) is 90.8 Å². The molecular weight excluding hydrogens is 572 g/mol. The number of methoxy groups -OCH3 is 1. The fourth-order valence-electron chi connectivity index (χ4n) is 2.93. The minimum absolute atomic E-state index is 0.0631. The second-order valence-electron chi connectivity index (χ2n) is 7.03. The minimum atomic E-state index is -0.534. The molecule has 3 rings (SSSR count). The molecule has 3 aromatic carbocycles. The number of hydrogen-bond donors (Lipinski definition) is 1. The van der Waals surface area contributed by atoms with Gasteiger partial charge < -0.3 is 14.8 Å². The maximum atomic E-state index is 12.7. The summed E-state index contributed by atoms with van der Waals surface area (Å²) in [6, 6.07) is 18.4. The van der Waals surface area contributed by atoms with E-state index in [0.29, 0.717) is 38.9 Å². The van der Waals surface area contributed by atoms with Gasteiger partial charge in [-0.3, -0.25) is 4.79 Å². The van der Waals surface area contributed by atoms with E-state index < -0.39 is 5.91 Å². The van der Waals surface area contributed by atoms with Crippen LogP contribution in [-0.4, -0.2) is 13.0 Å². The highest BCUT2D eigenvalue weighted by Gasteiger charge is 2.15. The lowest BCUT2D eigenvalue weighted by Crippen LogP contribution is -2.14. The van der Waals surface area contributed by atoms with Crippen molar-refractivity contribution >= 4 is 61.1 Å². The number of anilines is 1. The Morgan fingerprint density at radius 1 is 1.15 bits per heavy atom. The first-order valence-corrected chi connectivity index (χ1v) is 11.7. The van der Waals surface area contributed by atoms with Gasteiger partial charge in [-0.2, -0.15) is 5.26 Å². The van der Waals surface area contributed by atoms with Crippen LogP contribution in [0.1, 0.15) is 16.7 Å². The lowest BCUT2D eigenvalue weighted by Gasteiger charge is -2.14. The number of carbonyl (C=O) groups is 1. The van der Waals surface area contributed by atoms with Gasteiger partial charge >= 0.3 is 0 Å². The van der Waals surface area contributed by atoms with Crippen LogP contribution in [0, 0.1) is 18.3 Å². The molecule has 0 atom stereocenters. The van der Waals surface area contributed by atoms with Crippen LogP contribution in [-0.2, 0) is 11.4 Å². The number of halogens is 3. The predicted octanol–water partition coefficient (Wildman–Crippen LogP) is 7.31. The van der Waals surface area contributed by atoms with Crippen LogP contribution in [0.5, 0.6) is 11.5 Å². The Morgan fingerprint density at radius 3 is 2.55 bits per heavy atom. The molecule has 3 aromatic rings. The van der Waals surface area contributed by atoms with E-state index in [1.54, 1.807) is 30.3 Å². The van der Waals surface area contributed by atoms with E-state index in [9.17, 15) is 10.1 Å². The SMILES string of the molecule is COc1cc(/C=C(\C#N)C(=O)Nc2cc(Cl)ccc2C)cc(Br)c1OCc1ccc(Br)cc1. The average molecular weight is 591 g/mol. The average Bonchev–Trinajstić information content (AvgIpc) is 2.79. The topological polar surface area (TPSA) is 71.3 Å². The van der Waals surface area contributed by atoms with Gasteiger partial charge in [-0.25, -0.2) is 0 Å². The Labute approximate surface area is 214 Å². The normalized spacial score (nSPS) is 11.0. The summed E-state index contributed by atoms with van der Waals surface area (Å²) in [6.07, 6.45) is 1.49. The number of hydrogen-bond acceptors (Lipinski definition) is 4. The van der Waals surface area contributed by atoms with Crippen LogP contribution >= 0.6 is 43.5 Å². The number of rotatable bonds is 7. The summed E-state index contributed by atoms with van der Waals surface area (Å²) >= 11 is 12.9. The molecule has 0 saturated carbocycles. The summed E-state index contributed by atoms with van der Waals surface area (Å²) in [6.45, 7) is 2.19. The maximum absolute atomic E-state index is 12.7. The smallest absolute Gasteiger partial charge is 0.266 e. The highest BCUT2D eigenvalue weighted by molar-refractivity contribution is 9.10. The quantitative estimate of drug-likeness (QED) is 0.231. The fourth-order valence-corrected chi connectivity index (χ4v) is 3.94. The molecule has 0 spiro atoms. The maximum Gasteiger partial charge on any atom is 0.266 e. The van der Waals surface area contributed by atoms with Crippen LogP contribution in [0.4, 0.5) is 5.69 Å². The molecule has 5 nitrogen and oxygen atoms in total. The van der Waals surface area contributed by atoms with Crippen LogP contribution in [0.2, 0.25) is 5.02 Å². The number of nitriles is 1. The van der Waals surface area contributed by atoms with Gasteiger partial charge in [0.1, 0.15) is 18.2 Å². The third kappa shape index (κ3) is 6.61. The second kappa shape index (κ2) is 11.4. The predicted molar refractivity (Wildman–Crippen MR) is 138 cm³/mol. The number of nitrogens with zero attached hydrogens (tertiary/aromatic N) is 1. The van der Waals surface area contributed by atoms with E-state index in [4.69, 9.17) is 21.1 Å². The zero-order valence-corrected chi connectivity index (χ0v) is 21.7. The van der Waals surface area contributed by atoms with E-state index >= 15 is 0 Å². The summed E-state index contributed by atoms with van der Waals surface area (Å²) < 4.78 is 13.1. The first kappa shape index (κ1) is 24.8. The molecule has 168 valence electrons. The van der Waals surface area contributed by atoms with E-state index in [2.05, 4.69) is 37.2 Å². The molecule has 0 heterocycles. The Kier molecular flexibility index (Phi) is 8.56. The lowest BCUT2D eigenvalue weighted by atomic mass is 10.1. The first-order chi connectivity index (χ1) is 15.8. The molecule has 0 aliphatic carbocycles. The van der Waals surface area contributed by atoms with Crippen molar-refractivity contribution in [1.82, 2.24) is 0 Å². The molecule has 1 amide bonds. The van der Waals surface area contributed by atoms with E-state index in [-0.39, 0.29) is 5.57 Å². The standard InChI is InChI=1S/C25H19Br2ClN2O3/c1-15-3-8-20(28)12-22(15)30-25(31)18(13-29)9-17-10-21(27)24(23(11-17)32-2)33-14-16-4-6-19(26)7-5-16/h3-12H,14H2,1-2H3,(H,30,31)/b18-9+. The van der Waals surface area contributed by atoms with Crippen LogP contribution < -0.4 is 14.8 Å². The molecule has 0 bridgehead atoms. The second-order valence-corrected chi connectivity index (χ2v) is 9.24. The zero-order chi connectivity index (χ0) is 24.0. The van der Waals surface area contributed by atoms with Crippen molar-refractivity contribution in [1.29, 1.82) is 5.26 Å². The Morgan fingerprint density at radius 2 is 1.88 bits per heavy atom. The van der Waals surface area contributed by atoms with Crippen LogP contribution in [0.25, 0.3) is 6.08 Å². The summed E-state index contributed by atoms with van der Waals surface area (Å²) in [5.41, 5.74) is 2.91. The molecule has 0 aliphatic rings. The number of ether oxygens (including phenoxy) is 2. The Balaban J connectivity index is 1.83. The Bertz CT molecular complexity index is 1250. The lowest BCUT2D eigenvalue weighted by molar-refractivity contribution is -0.112. The molecule has 0 aliphatic heterocycles. The van der Waals surface area contributed by atoms with Crippen LogP contribution in [0.15, 0.2) is 69.1 Å². The molecule has 0 saturated heterocycles. The van der Waals surface area contributed by atoms with Gasteiger partial charge in [0, 0.05) is 15.2 Å². The number of carbonyl (C=O) groups excluding carboxylic acids is 1. The first-order valence-electron chi connectivity index (χ1n) is 9.74. The summed E-state index contributed by atoms with van der Waals surface area (Å²) in [4.78, 5) is 12.7. The minimum Gasteiger partial charge on any atom is -0.493 e. The van der Waals surface area contributed by atoms with Crippen molar-refractivity contribution in [2.75, 3.05) is 12.4 Å². The largest absolute Gasteiger partial charge is 0.493 e. The van der Waals surface area contributed by atoms with Crippen molar-refractivity contribution in [3.63, 3.8) is 0 Å². The van der Waals surface area contributed by atoms with Gasteiger partial charge in [-0.15, -0.1) is 0 Å². The molecule has 0 fully saturated rings. The molecule has 0 unspecified atom stereocenters. The highest BCUT2D eigenvalue weighted by Crippen LogP contribution is 2.38. The van der Waals surface area contributed by atoms with Gasteiger partial charge in [0.05, 0.1) is 11.6 Å². The summed E-state index contributed by atoms with van der Waals surface area (Å²) in [5, 5.41) is 12.8. The van der Waals surface area contributed by atoms with Gasteiger partial charge in [0.15, 0.2) is 11.5 Å². The molecule has 0 aromatic heterocycles. The van der Waals surface area contributed by atoms with Gasteiger partial charge in [-0.1, -0.05) is 45.7 Å². The third-order valence-electron chi connectivity index (χ3n) is 4.67. The van der Waals surface area contributed by atoms with Crippen molar-refractivity contribution in [2.24, 2.45) is 0 Å². The third-order valence-corrected chi connectivity index (χ3v) is 6.02. The Hall–Kier alpha value is -2.79. The number of aryl methyl sites for hydroxylation is 1. The number of nitrogens with one attached hydrogen (secondary N) is 1. The van der Waals surface area contributed by atoms with E-state index in [1.165, 1.54) is 13.2 Å². The van der Waals surface area contributed by atoms with Crippen molar-refractivity contribution in [2.45, 2.75) is 13.5 Å². The highest BCUT2D eigenvalue weighted by atomic mass is 79.9. The van der Waals surface area contributed by atoms with Gasteiger partial charge in [0.25, 0.3) is 5.91 Å². The van der Waals surface area contributed by atoms with Crippen LogP contribution in [0.3, 0.4) is 0 Å².